The third-order valence-corrected chi connectivity index (χ3v) is 6.00. The first kappa shape index (κ1) is 18.7. The molecule has 0 bridgehead atoms. The fourth-order valence-corrected chi connectivity index (χ4v) is 3.96. The molecule has 0 aliphatic heterocycles. The molecule has 3 nitrogen and oxygen atoms in total. The Hall–Kier alpha value is -0.650. The lowest BCUT2D eigenvalue weighted by Crippen LogP contribution is -2.08. The molecule has 0 N–H and O–H groups in total. The number of halogens is 1. The van der Waals surface area contributed by atoms with Crippen LogP contribution in [0.4, 0.5) is 0 Å². The fraction of sp³-hybridized carbons (Fsp3) is 0.556. The SMILES string of the molecule is O=S(=O)(OCC/C1=C/CCCCCCCC1)c1ccc(Br)cc1. The van der Waals surface area contributed by atoms with Crippen molar-refractivity contribution in [3.63, 3.8) is 0 Å². The van der Waals surface area contributed by atoms with E-state index in [1.165, 1.54) is 44.1 Å². The van der Waals surface area contributed by atoms with Crippen LogP contribution in [0.5, 0.6) is 0 Å². The Labute approximate surface area is 148 Å². The van der Waals surface area contributed by atoms with Crippen LogP contribution in [0.1, 0.15) is 57.8 Å². The van der Waals surface area contributed by atoms with Gasteiger partial charge in [0.2, 0.25) is 0 Å². The second-order valence-electron chi connectivity index (χ2n) is 6.00. The van der Waals surface area contributed by atoms with Gasteiger partial charge in [0.15, 0.2) is 0 Å². The summed E-state index contributed by atoms with van der Waals surface area (Å²) >= 11 is 3.30. The van der Waals surface area contributed by atoms with Gasteiger partial charge in [-0.2, -0.15) is 8.42 Å². The summed E-state index contributed by atoms with van der Waals surface area (Å²) in [5.41, 5.74) is 1.35. The van der Waals surface area contributed by atoms with Gasteiger partial charge in [-0.15, -0.1) is 0 Å². The minimum atomic E-state index is -3.66. The summed E-state index contributed by atoms with van der Waals surface area (Å²) in [6.07, 6.45) is 12.9. The van der Waals surface area contributed by atoms with Crippen molar-refractivity contribution in [2.45, 2.75) is 62.7 Å². The van der Waals surface area contributed by atoms with Crippen molar-refractivity contribution in [3.05, 3.63) is 40.4 Å². The molecule has 128 valence electrons. The molecular formula is C18H25BrO3S. The van der Waals surface area contributed by atoms with Crippen molar-refractivity contribution < 1.29 is 12.6 Å². The van der Waals surface area contributed by atoms with Crippen LogP contribution < -0.4 is 0 Å². The van der Waals surface area contributed by atoms with Gasteiger partial charge in [-0.25, -0.2) is 0 Å². The summed E-state index contributed by atoms with van der Waals surface area (Å²) < 4.78 is 30.4. The zero-order chi connectivity index (χ0) is 16.5. The van der Waals surface area contributed by atoms with Crippen LogP contribution >= 0.6 is 15.9 Å². The van der Waals surface area contributed by atoms with Crippen molar-refractivity contribution in [2.24, 2.45) is 0 Å². The van der Waals surface area contributed by atoms with Crippen LogP contribution in [0.3, 0.4) is 0 Å². The van der Waals surface area contributed by atoms with E-state index >= 15 is 0 Å². The smallest absolute Gasteiger partial charge is 0.266 e. The summed E-state index contributed by atoms with van der Waals surface area (Å²) in [5.74, 6) is 0. The Morgan fingerprint density at radius 3 is 2.35 bits per heavy atom. The van der Waals surface area contributed by atoms with Gasteiger partial charge in [0.05, 0.1) is 11.5 Å². The van der Waals surface area contributed by atoms with E-state index in [4.69, 9.17) is 4.18 Å². The standard InChI is InChI=1S/C18H25BrO3S/c19-17-10-12-18(13-11-17)23(20,21)22-15-14-16-8-6-4-2-1-3-5-7-9-16/h8,10-13H,1-7,9,14-15H2/b16-8+. The first-order valence-corrected chi connectivity index (χ1v) is 10.6. The minimum Gasteiger partial charge on any atom is -0.266 e. The summed E-state index contributed by atoms with van der Waals surface area (Å²) in [6, 6.07) is 6.53. The predicted molar refractivity (Wildman–Crippen MR) is 96.9 cm³/mol. The lowest BCUT2D eigenvalue weighted by molar-refractivity contribution is 0.320. The molecule has 23 heavy (non-hydrogen) atoms. The van der Waals surface area contributed by atoms with Gasteiger partial charge >= 0.3 is 0 Å². The monoisotopic (exact) mass is 400 g/mol. The minimum absolute atomic E-state index is 0.209. The Bertz CT molecular complexity index is 606. The highest BCUT2D eigenvalue weighted by atomic mass is 79.9. The molecule has 0 unspecified atom stereocenters. The number of hydrogen-bond acceptors (Lipinski definition) is 3. The van der Waals surface area contributed by atoms with Crippen molar-refractivity contribution >= 4 is 26.0 Å². The van der Waals surface area contributed by atoms with E-state index in [1.807, 2.05) is 0 Å². The molecule has 0 radical (unpaired) electrons. The van der Waals surface area contributed by atoms with Crippen LogP contribution in [-0.4, -0.2) is 15.0 Å². The molecule has 1 aromatic carbocycles. The molecule has 0 atom stereocenters. The highest BCUT2D eigenvalue weighted by molar-refractivity contribution is 9.10. The summed E-state index contributed by atoms with van der Waals surface area (Å²) in [7, 11) is -3.66. The van der Waals surface area contributed by atoms with E-state index < -0.39 is 10.1 Å². The number of allylic oxidation sites excluding steroid dienone is 1. The largest absolute Gasteiger partial charge is 0.296 e. The maximum atomic E-state index is 12.2. The van der Waals surface area contributed by atoms with E-state index in [-0.39, 0.29) is 11.5 Å². The zero-order valence-corrected chi connectivity index (χ0v) is 15.9. The molecule has 0 saturated heterocycles. The van der Waals surface area contributed by atoms with Crippen molar-refractivity contribution in [1.82, 2.24) is 0 Å². The quantitative estimate of drug-likeness (QED) is 0.476. The van der Waals surface area contributed by atoms with Crippen molar-refractivity contribution in [3.8, 4) is 0 Å². The molecular weight excluding hydrogens is 376 g/mol. The number of hydrogen-bond donors (Lipinski definition) is 0. The first-order valence-electron chi connectivity index (χ1n) is 8.41. The Morgan fingerprint density at radius 2 is 1.61 bits per heavy atom. The lowest BCUT2D eigenvalue weighted by Gasteiger charge is -2.11. The van der Waals surface area contributed by atoms with Crippen LogP contribution in [0.25, 0.3) is 0 Å². The summed E-state index contributed by atoms with van der Waals surface area (Å²) in [6.45, 7) is 0.226. The molecule has 0 fully saturated rings. The Balaban J connectivity index is 1.86. The van der Waals surface area contributed by atoms with Gasteiger partial charge < -0.3 is 0 Å². The van der Waals surface area contributed by atoms with Gasteiger partial charge in [0.25, 0.3) is 10.1 Å². The normalized spacial score (nSPS) is 19.8. The fourth-order valence-electron chi connectivity index (χ4n) is 2.79. The molecule has 1 aliphatic rings. The van der Waals surface area contributed by atoms with E-state index in [9.17, 15) is 8.42 Å². The van der Waals surface area contributed by atoms with Crippen molar-refractivity contribution in [2.75, 3.05) is 6.61 Å². The zero-order valence-electron chi connectivity index (χ0n) is 13.5. The van der Waals surface area contributed by atoms with Gasteiger partial charge in [-0.3, -0.25) is 4.18 Å². The van der Waals surface area contributed by atoms with Gasteiger partial charge in [-0.05, 0) is 56.4 Å². The number of rotatable bonds is 5. The predicted octanol–water partition coefficient (Wildman–Crippen LogP) is 5.61. The Kier molecular flexibility index (Phi) is 7.80. The highest BCUT2D eigenvalue weighted by Crippen LogP contribution is 2.21. The van der Waals surface area contributed by atoms with E-state index in [0.717, 1.165) is 17.3 Å². The van der Waals surface area contributed by atoms with Crippen LogP contribution in [0, 0.1) is 0 Å². The molecule has 0 saturated carbocycles. The molecule has 0 heterocycles. The van der Waals surface area contributed by atoms with Crippen molar-refractivity contribution in [1.29, 1.82) is 0 Å². The maximum absolute atomic E-state index is 12.2. The first-order chi connectivity index (χ1) is 11.1. The highest BCUT2D eigenvalue weighted by Gasteiger charge is 2.15. The third kappa shape index (κ3) is 6.77. The maximum Gasteiger partial charge on any atom is 0.296 e. The molecule has 2 rings (SSSR count). The Morgan fingerprint density at radius 1 is 0.957 bits per heavy atom. The number of benzene rings is 1. The van der Waals surface area contributed by atoms with Gasteiger partial charge in [0.1, 0.15) is 0 Å². The van der Waals surface area contributed by atoms with Crippen LogP contribution in [0.2, 0.25) is 0 Å². The topological polar surface area (TPSA) is 43.4 Å². The second-order valence-corrected chi connectivity index (χ2v) is 8.53. The molecule has 0 aromatic heterocycles. The average Bonchev–Trinajstić information content (AvgIpc) is 2.53. The molecule has 1 aromatic rings. The summed E-state index contributed by atoms with van der Waals surface area (Å²) in [5, 5.41) is 0. The van der Waals surface area contributed by atoms with E-state index in [2.05, 4.69) is 22.0 Å². The lowest BCUT2D eigenvalue weighted by atomic mass is 9.99. The van der Waals surface area contributed by atoms with Gasteiger partial charge in [0, 0.05) is 4.47 Å². The molecule has 5 heteroatoms. The molecule has 0 spiro atoms. The van der Waals surface area contributed by atoms with Crippen LogP contribution in [-0.2, 0) is 14.3 Å². The third-order valence-electron chi connectivity index (χ3n) is 4.15. The summed E-state index contributed by atoms with van der Waals surface area (Å²) in [4.78, 5) is 0.209. The molecule has 0 amide bonds. The second kappa shape index (κ2) is 9.60. The van der Waals surface area contributed by atoms with E-state index in [1.54, 1.807) is 24.3 Å². The molecule has 1 aliphatic carbocycles. The van der Waals surface area contributed by atoms with E-state index in [0.29, 0.717) is 6.42 Å². The average molecular weight is 401 g/mol. The van der Waals surface area contributed by atoms with Crippen LogP contribution in [0.15, 0.2) is 45.3 Å². The van der Waals surface area contributed by atoms with Gasteiger partial charge in [-0.1, -0.05) is 53.3 Å².